The minimum Gasteiger partial charge on any atom is -0.493 e. The number of esters is 1. The van der Waals surface area contributed by atoms with Gasteiger partial charge in [-0.15, -0.1) is 0 Å². The second kappa shape index (κ2) is 10.8. The summed E-state index contributed by atoms with van der Waals surface area (Å²) >= 11 is 0. The van der Waals surface area contributed by atoms with E-state index < -0.39 is 46.2 Å². The number of methoxy groups -OCH3 is 2. The fourth-order valence-corrected chi connectivity index (χ4v) is 6.52. The molecule has 38 heavy (non-hydrogen) atoms. The lowest BCUT2D eigenvalue weighted by Crippen LogP contribution is -2.43. The van der Waals surface area contributed by atoms with E-state index in [1.165, 1.54) is 31.3 Å². The van der Waals surface area contributed by atoms with Crippen LogP contribution in [-0.2, 0) is 25.9 Å². The van der Waals surface area contributed by atoms with Crippen molar-refractivity contribution in [3.05, 3.63) is 58.7 Å². The average molecular weight is 545 g/mol. The van der Waals surface area contributed by atoms with Crippen molar-refractivity contribution in [2.24, 2.45) is 0 Å². The Morgan fingerprint density at radius 2 is 1.71 bits per heavy atom. The fourth-order valence-electron chi connectivity index (χ4n) is 4.78. The van der Waals surface area contributed by atoms with E-state index in [2.05, 4.69) is 0 Å². The molecule has 202 valence electrons. The number of nitrogens with zero attached hydrogens (tertiary/aromatic N) is 2. The fraction of sp³-hybridized carbons (Fsp3) is 0.385. The van der Waals surface area contributed by atoms with Crippen molar-refractivity contribution < 1.29 is 41.8 Å². The first kappa shape index (κ1) is 27.1. The van der Waals surface area contributed by atoms with E-state index in [1.807, 2.05) is 0 Å². The molecule has 0 saturated carbocycles. The molecule has 0 N–H and O–H groups in total. The second-order valence-corrected chi connectivity index (χ2v) is 11.2. The summed E-state index contributed by atoms with van der Waals surface area (Å²) in [7, 11) is -0.428. The first-order valence-corrected chi connectivity index (χ1v) is 13.8. The third-order valence-electron chi connectivity index (χ3n) is 6.64. The zero-order valence-corrected chi connectivity index (χ0v) is 22.1. The molecule has 2 aliphatic rings. The number of carbonyl (C=O) groups excluding carboxylic acids is 4. The van der Waals surface area contributed by atoms with E-state index in [4.69, 9.17) is 14.2 Å². The number of fused-ring (bicyclic) bond motifs is 1. The summed E-state index contributed by atoms with van der Waals surface area (Å²) in [6.07, 6.45) is 0.340. The smallest absolute Gasteiger partial charge is 0.338 e. The number of imide groups is 1. The van der Waals surface area contributed by atoms with Gasteiger partial charge < -0.3 is 19.1 Å². The molecule has 2 aromatic carbocycles. The zero-order valence-electron chi connectivity index (χ0n) is 21.3. The van der Waals surface area contributed by atoms with E-state index in [-0.39, 0.29) is 52.8 Å². The van der Waals surface area contributed by atoms with Crippen LogP contribution < -0.4 is 9.47 Å². The van der Waals surface area contributed by atoms with Crippen LogP contribution in [0, 0.1) is 0 Å². The van der Waals surface area contributed by atoms with E-state index in [1.54, 1.807) is 31.2 Å². The lowest BCUT2D eigenvalue weighted by atomic mass is 10.1. The number of ether oxygens (including phenoxy) is 3. The first-order chi connectivity index (χ1) is 18.1. The van der Waals surface area contributed by atoms with Crippen LogP contribution in [0.4, 0.5) is 0 Å². The van der Waals surface area contributed by atoms with Crippen molar-refractivity contribution in [3.8, 4) is 11.5 Å². The van der Waals surface area contributed by atoms with Gasteiger partial charge in [-0.05, 0) is 37.6 Å². The Bertz CT molecular complexity index is 1370. The van der Waals surface area contributed by atoms with Crippen LogP contribution in [0.1, 0.15) is 50.0 Å². The zero-order chi connectivity index (χ0) is 27.6. The van der Waals surface area contributed by atoms with Crippen LogP contribution >= 0.6 is 0 Å². The van der Waals surface area contributed by atoms with Crippen molar-refractivity contribution in [2.45, 2.75) is 25.9 Å². The highest BCUT2D eigenvalue weighted by atomic mass is 32.2. The first-order valence-electron chi connectivity index (χ1n) is 12.0. The van der Waals surface area contributed by atoms with Gasteiger partial charge in [0.2, 0.25) is 0 Å². The summed E-state index contributed by atoms with van der Waals surface area (Å²) in [6.45, 7) is 1.23. The number of carbonyl (C=O) groups is 4. The Morgan fingerprint density at radius 3 is 2.24 bits per heavy atom. The molecule has 3 amide bonds. The summed E-state index contributed by atoms with van der Waals surface area (Å²) in [4.78, 5) is 53.8. The molecule has 1 atom stereocenters. The van der Waals surface area contributed by atoms with Crippen LogP contribution in [0.3, 0.4) is 0 Å². The molecule has 0 spiro atoms. The molecule has 11 nitrogen and oxygen atoms in total. The van der Waals surface area contributed by atoms with Crippen LogP contribution in [0.2, 0.25) is 0 Å². The molecule has 0 radical (unpaired) electrons. The Balaban J connectivity index is 1.52. The Morgan fingerprint density at radius 1 is 1.05 bits per heavy atom. The highest BCUT2D eigenvalue weighted by Crippen LogP contribution is 2.35. The highest BCUT2D eigenvalue weighted by Gasteiger charge is 2.36. The minimum absolute atomic E-state index is 0.0166. The SMILES string of the molecule is CCN(C(=O)COC(=O)c1cc(CN2C(=O)c3ccccc3C2=O)c(OC)c(OC)c1)C1CCS(=O)(=O)C1. The lowest BCUT2D eigenvalue weighted by Gasteiger charge is -2.26. The monoisotopic (exact) mass is 544 g/mol. The van der Waals surface area contributed by atoms with Crippen molar-refractivity contribution in [2.75, 3.05) is 38.9 Å². The molecular formula is C26H28N2O9S. The predicted octanol–water partition coefficient (Wildman–Crippen LogP) is 1.69. The van der Waals surface area contributed by atoms with Gasteiger partial charge in [-0.2, -0.15) is 0 Å². The predicted molar refractivity (Wildman–Crippen MR) is 135 cm³/mol. The Hall–Kier alpha value is -3.93. The van der Waals surface area contributed by atoms with E-state index in [9.17, 15) is 27.6 Å². The third kappa shape index (κ3) is 5.21. The number of rotatable bonds is 9. The van der Waals surface area contributed by atoms with Gasteiger partial charge in [0.15, 0.2) is 27.9 Å². The summed E-state index contributed by atoms with van der Waals surface area (Å²) in [5.41, 5.74) is 0.917. The van der Waals surface area contributed by atoms with E-state index in [0.717, 1.165) is 4.90 Å². The molecule has 2 aromatic rings. The van der Waals surface area contributed by atoms with Gasteiger partial charge >= 0.3 is 5.97 Å². The van der Waals surface area contributed by atoms with Crippen LogP contribution in [-0.4, -0.2) is 86.8 Å². The van der Waals surface area contributed by atoms with Crippen LogP contribution in [0.25, 0.3) is 0 Å². The molecule has 0 aromatic heterocycles. The normalized spacial score (nSPS) is 17.8. The third-order valence-corrected chi connectivity index (χ3v) is 8.39. The van der Waals surface area contributed by atoms with Gasteiger partial charge in [0.25, 0.3) is 17.7 Å². The Labute approximate surface area is 220 Å². The number of benzene rings is 2. The molecule has 1 saturated heterocycles. The molecule has 4 rings (SSSR count). The molecule has 12 heteroatoms. The van der Waals surface area contributed by atoms with Gasteiger partial charge in [-0.25, -0.2) is 13.2 Å². The van der Waals surface area contributed by atoms with Gasteiger partial charge in [0.1, 0.15) is 0 Å². The molecular weight excluding hydrogens is 516 g/mol. The maximum absolute atomic E-state index is 12.9. The Kier molecular flexibility index (Phi) is 7.72. The van der Waals surface area contributed by atoms with Crippen LogP contribution in [0.5, 0.6) is 11.5 Å². The van der Waals surface area contributed by atoms with Crippen molar-refractivity contribution in [1.29, 1.82) is 0 Å². The summed E-state index contributed by atoms with van der Waals surface area (Å²) < 4.78 is 39.7. The molecule has 0 bridgehead atoms. The van der Waals surface area contributed by atoms with Gasteiger partial charge in [-0.3, -0.25) is 19.3 Å². The molecule has 0 aliphatic carbocycles. The lowest BCUT2D eigenvalue weighted by molar-refractivity contribution is -0.136. The quantitative estimate of drug-likeness (QED) is 0.341. The summed E-state index contributed by atoms with van der Waals surface area (Å²) in [6, 6.07) is 8.80. The number of hydrogen-bond acceptors (Lipinski definition) is 9. The topological polar surface area (TPSA) is 137 Å². The maximum atomic E-state index is 12.9. The molecule has 2 heterocycles. The van der Waals surface area contributed by atoms with Gasteiger partial charge in [0.05, 0.1) is 49.0 Å². The number of hydrogen-bond donors (Lipinski definition) is 0. The molecule has 1 fully saturated rings. The number of amides is 3. The van der Waals surface area contributed by atoms with Gasteiger partial charge in [0, 0.05) is 18.2 Å². The summed E-state index contributed by atoms with van der Waals surface area (Å²) in [5.74, 6) is -1.98. The van der Waals surface area contributed by atoms with Crippen LogP contribution in [0.15, 0.2) is 36.4 Å². The highest BCUT2D eigenvalue weighted by molar-refractivity contribution is 7.91. The molecule has 1 unspecified atom stereocenters. The van der Waals surface area contributed by atoms with Crippen molar-refractivity contribution in [1.82, 2.24) is 9.80 Å². The van der Waals surface area contributed by atoms with E-state index in [0.29, 0.717) is 12.0 Å². The summed E-state index contributed by atoms with van der Waals surface area (Å²) in [5, 5.41) is 0. The van der Waals surface area contributed by atoms with E-state index >= 15 is 0 Å². The van der Waals surface area contributed by atoms with Crippen molar-refractivity contribution in [3.63, 3.8) is 0 Å². The number of likely N-dealkylation sites (N-methyl/N-ethyl adjacent to an activating group) is 1. The largest absolute Gasteiger partial charge is 0.493 e. The molecule has 2 aliphatic heterocycles. The maximum Gasteiger partial charge on any atom is 0.338 e. The van der Waals surface area contributed by atoms with Gasteiger partial charge in [-0.1, -0.05) is 12.1 Å². The second-order valence-electron chi connectivity index (χ2n) is 8.93. The minimum atomic E-state index is -3.19. The van der Waals surface area contributed by atoms with Crippen molar-refractivity contribution >= 4 is 33.5 Å². The standard InChI is InChI=1S/C26H28N2O9S/c1-4-27(18-9-10-38(33,34)15-18)22(29)14-37-26(32)16-11-17(23(36-3)21(12-16)35-2)13-28-24(30)19-7-5-6-8-20(19)25(28)31/h5-8,11-12,18H,4,9-10,13-15H2,1-3H3. The number of sulfone groups is 1. The average Bonchev–Trinajstić information content (AvgIpc) is 3.38.